The Hall–Kier alpha value is 0.120. The summed E-state index contributed by atoms with van der Waals surface area (Å²) in [4.78, 5) is 4.46. The Morgan fingerprint density at radius 1 is 1.17 bits per heavy atom. The molecule has 18 heavy (non-hydrogen) atoms. The van der Waals surface area contributed by atoms with Crippen LogP contribution in [0.15, 0.2) is 0 Å². The summed E-state index contributed by atoms with van der Waals surface area (Å²) in [5, 5.41) is 0. The minimum Gasteiger partial charge on any atom is -0.308 e. The van der Waals surface area contributed by atoms with Gasteiger partial charge < -0.3 is 4.90 Å². The molecule has 0 amide bonds. The zero-order valence-electron chi connectivity index (χ0n) is 11.3. The number of sulfonamides is 1. The van der Waals surface area contributed by atoms with E-state index in [1.54, 1.807) is 4.31 Å². The van der Waals surface area contributed by atoms with Gasteiger partial charge in [0.05, 0.1) is 5.75 Å². The molecule has 5 nitrogen and oxygen atoms in total. The standard InChI is InChI=1S/C11H24ClN3O2S/c1-13(2)5-6-14-7-9-15(10-8-14)18(16,17)11-3-4-12/h3-11H2,1-2H3. The highest BCUT2D eigenvalue weighted by atomic mass is 35.5. The van der Waals surface area contributed by atoms with E-state index in [1.165, 1.54) is 0 Å². The molecule has 1 rings (SSSR count). The van der Waals surface area contributed by atoms with E-state index in [2.05, 4.69) is 9.80 Å². The first-order chi connectivity index (χ1) is 8.45. The highest BCUT2D eigenvalue weighted by Crippen LogP contribution is 2.09. The number of nitrogens with zero attached hydrogens (tertiary/aromatic N) is 3. The van der Waals surface area contributed by atoms with Gasteiger partial charge in [0.15, 0.2) is 0 Å². The van der Waals surface area contributed by atoms with E-state index in [-0.39, 0.29) is 5.75 Å². The van der Waals surface area contributed by atoms with Gasteiger partial charge in [-0.2, -0.15) is 4.31 Å². The monoisotopic (exact) mass is 297 g/mol. The van der Waals surface area contributed by atoms with Gasteiger partial charge in [0, 0.05) is 45.1 Å². The summed E-state index contributed by atoms with van der Waals surface area (Å²) < 4.78 is 25.5. The van der Waals surface area contributed by atoms with Crippen LogP contribution in [0.2, 0.25) is 0 Å². The van der Waals surface area contributed by atoms with Gasteiger partial charge in [-0.25, -0.2) is 8.42 Å². The number of alkyl halides is 1. The van der Waals surface area contributed by atoms with Crippen LogP contribution in [0.4, 0.5) is 0 Å². The van der Waals surface area contributed by atoms with Crippen molar-refractivity contribution in [2.75, 3.05) is 65.0 Å². The fourth-order valence-electron chi connectivity index (χ4n) is 1.94. The van der Waals surface area contributed by atoms with Gasteiger partial charge in [-0.3, -0.25) is 4.90 Å². The van der Waals surface area contributed by atoms with Crippen LogP contribution in [0.5, 0.6) is 0 Å². The lowest BCUT2D eigenvalue weighted by Gasteiger charge is -2.34. The molecule has 0 aliphatic carbocycles. The highest BCUT2D eigenvalue weighted by molar-refractivity contribution is 7.89. The number of likely N-dealkylation sites (N-methyl/N-ethyl adjacent to an activating group) is 1. The Morgan fingerprint density at radius 2 is 1.78 bits per heavy atom. The maximum Gasteiger partial charge on any atom is 0.214 e. The molecule has 0 saturated carbocycles. The summed E-state index contributed by atoms with van der Waals surface area (Å²) in [5.74, 6) is 0.580. The van der Waals surface area contributed by atoms with Crippen LogP contribution < -0.4 is 0 Å². The average molecular weight is 298 g/mol. The van der Waals surface area contributed by atoms with Crippen LogP contribution in [0.1, 0.15) is 6.42 Å². The molecular formula is C11H24ClN3O2S. The van der Waals surface area contributed by atoms with Crippen molar-refractivity contribution >= 4 is 21.6 Å². The summed E-state index contributed by atoms with van der Waals surface area (Å²) in [6, 6.07) is 0. The average Bonchev–Trinajstić information content (AvgIpc) is 2.34. The minimum atomic E-state index is -3.09. The van der Waals surface area contributed by atoms with Crippen LogP contribution in [-0.4, -0.2) is 87.5 Å². The number of halogens is 1. The largest absolute Gasteiger partial charge is 0.308 e. The van der Waals surface area contributed by atoms with Crippen molar-refractivity contribution < 1.29 is 8.42 Å². The highest BCUT2D eigenvalue weighted by Gasteiger charge is 2.26. The Morgan fingerprint density at radius 3 is 2.28 bits per heavy atom. The lowest BCUT2D eigenvalue weighted by atomic mass is 10.3. The Bertz CT molecular complexity index is 327. The van der Waals surface area contributed by atoms with Crippen LogP contribution in [0, 0.1) is 0 Å². The van der Waals surface area contributed by atoms with Crippen molar-refractivity contribution in [3.8, 4) is 0 Å². The first kappa shape index (κ1) is 16.2. The van der Waals surface area contributed by atoms with E-state index in [9.17, 15) is 8.42 Å². The van der Waals surface area contributed by atoms with Gasteiger partial charge in [0.25, 0.3) is 0 Å². The van der Waals surface area contributed by atoms with Gasteiger partial charge in [-0.1, -0.05) is 0 Å². The molecule has 0 spiro atoms. The minimum absolute atomic E-state index is 0.175. The molecule has 0 N–H and O–H groups in total. The molecule has 108 valence electrons. The summed E-state index contributed by atoms with van der Waals surface area (Å²) in [6.45, 7) is 4.89. The fourth-order valence-corrected chi connectivity index (χ4v) is 3.72. The van der Waals surface area contributed by atoms with Crippen LogP contribution in [0.25, 0.3) is 0 Å². The lowest BCUT2D eigenvalue weighted by Crippen LogP contribution is -2.50. The molecule has 1 aliphatic heterocycles. The summed E-state index contributed by atoms with van der Waals surface area (Å²) in [5.41, 5.74) is 0. The summed E-state index contributed by atoms with van der Waals surface area (Å²) >= 11 is 5.54. The van der Waals surface area contributed by atoms with Crippen molar-refractivity contribution in [2.24, 2.45) is 0 Å². The van der Waals surface area contributed by atoms with Gasteiger partial charge in [-0.05, 0) is 20.5 Å². The lowest BCUT2D eigenvalue weighted by molar-refractivity contribution is 0.174. The maximum absolute atomic E-state index is 12.0. The molecule has 1 aliphatic rings. The zero-order valence-corrected chi connectivity index (χ0v) is 12.9. The molecule has 7 heteroatoms. The molecule has 0 aromatic carbocycles. The molecular weight excluding hydrogens is 274 g/mol. The molecule has 1 saturated heterocycles. The van der Waals surface area contributed by atoms with E-state index in [0.717, 1.165) is 26.2 Å². The second kappa shape index (κ2) is 7.65. The Labute approximate surface area is 116 Å². The first-order valence-corrected chi connectivity index (χ1v) is 8.51. The second-order valence-electron chi connectivity index (χ2n) is 4.90. The third kappa shape index (κ3) is 5.40. The van der Waals surface area contributed by atoms with Gasteiger partial charge in [0.1, 0.15) is 0 Å². The van der Waals surface area contributed by atoms with Crippen molar-refractivity contribution in [1.29, 1.82) is 0 Å². The van der Waals surface area contributed by atoms with Gasteiger partial charge >= 0.3 is 0 Å². The van der Waals surface area contributed by atoms with Crippen LogP contribution in [-0.2, 0) is 10.0 Å². The third-order valence-corrected chi connectivity index (χ3v) is 5.35. The Balaban J connectivity index is 2.34. The van der Waals surface area contributed by atoms with Crippen LogP contribution >= 0.6 is 11.6 Å². The number of rotatable bonds is 7. The maximum atomic E-state index is 12.0. The molecule has 0 radical (unpaired) electrons. The van der Waals surface area contributed by atoms with Gasteiger partial charge in [-0.15, -0.1) is 11.6 Å². The quantitative estimate of drug-likeness (QED) is 0.626. The second-order valence-corrected chi connectivity index (χ2v) is 7.37. The zero-order chi connectivity index (χ0) is 13.6. The summed E-state index contributed by atoms with van der Waals surface area (Å²) in [6.07, 6.45) is 0.532. The smallest absolute Gasteiger partial charge is 0.214 e. The molecule has 0 bridgehead atoms. The van der Waals surface area contributed by atoms with Crippen molar-refractivity contribution in [3.63, 3.8) is 0 Å². The van der Waals surface area contributed by atoms with Gasteiger partial charge in [0.2, 0.25) is 10.0 Å². The van der Waals surface area contributed by atoms with E-state index in [4.69, 9.17) is 11.6 Å². The summed E-state index contributed by atoms with van der Waals surface area (Å²) in [7, 11) is 1.01. The van der Waals surface area contributed by atoms with E-state index < -0.39 is 10.0 Å². The normalized spacial score (nSPS) is 19.6. The third-order valence-electron chi connectivity index (χ3n) is 3.12. The Kier molecular flexibility index (Phi) is 6.87. The predicted octanol–water partition coefficient (Wildman–Crippen LogP) is 0.124. The predicted molar refractivity (Wildman–Crippen MR) is 75.7 cm³/mol. The van der Waals surface area contributed by atoms with Crippen LogP contribution in [0.3, 0.4) is 0 Å². The first-order valence-electron chi connectivity index (χ1n) is 6.36. The van der Waals surface area contributed by atoms with Crippen molar-refractivity contribution in [1.82, 2.24) is 14.1 Å². The van der Waals surface area contributed by atoms with Crippen molar-refractivity contribution in [2.45, 2.75) is 6.42 Å². The van der Waals surface area contributed by atoms with E-state index >= 15 is 0 Å². The van der Waals surface area contributed by atoms with Crippen molar-refractivity contribution in [3.05, 3.63) is 0 Å². The topological polar surface area (TPSA) is 43.9 Å². The molecule has 0 atom stereocenters. The number of piperazine rings is 1. The molecule has 0 aromatic heterocycles. The van der Waals surface area contributed by atoms with E-state index in [0.29, 0.717) is 25.4 Å². The molecule has 1 heterocycles. The molecule has 0 unspecified atom stereocenters. The fraction of sp³-hybridized carbons (Fsp3) is 1.00. The molecule has 1 fully saturated rings. The SMILES string of the molecule is CN(C)CCN1CCN(S(=O)(=O)CCCCl)CC1. The number of hydrogen-bond donors (Lipinski definition) is 0. The van der Waals surface area contributed by atoms with E-state index in [1.807, 2.05) is 14.1 Å². The molecule has 0 aromatic rings. The number of hydrogen-bond acceptors (Lipinski definition) is 4.